The number of hydrogen-bond donors (Lipinski definition) is 3. The van der Waals surface area contributed by atoms with Gasteiger partial charge in [0.25, 0.3) is 0 Å². The van der Waals surface area contributed by atoms with Crippen LogP contribution in [0.25, 0.3) is 0 Å². The molecule has 0 aromatic heterocycles. The van der Waals surface area contributed by atoms with E-state index in [-0.39, 0.29) is 0 Å². The summed E-state index contributed by atoms with van der Waals surface area (Å²) >= 11 is 3.96. The van der Waals surface area contributed by atoms with E-state index in [0.717, 1.165) is 4.91 Å². The molecule has 3 nitrogen and oxygen atoms in total. The molecule has 0 unspecified atom stereocenters. The van der Waals surface area contributed by atoms with E-state index in [1.165, 1.54) is 0 Å². The van der Waals surface area contributed by atoms with E-state index >= 15 is 0 Å². The molecule has 0 atom stereocenters. The molecule has 0 aliphatic rings. The Morgan fingerprint density at radius 3 is 1.67 bits per heavy atom. The zero-order valence-electron chi connectivity index (χ0n) is 5.33. The monoisotopic (exact) mass is 150 g/mol. The molecule has 0 saturated carbocycles. The maximum absolute atomic E-state index is 8.56. The highest BCUT2D eigenvalue weighted by atomic mass is 32.1. The third-order valence-corrected chi connectivity index (χ3v) is 0.676. The van der Waals surface area contributed by atoms with Crippen molar-refractivity contribution in [1.82, 2.24) is 0 Å². The van der Waals surface area contributed by atoms with Gasteiger partial charge in [-0.2, -0.15) is 0 Å². The number of hydrogen-bond acceptors (Lipinski definition) is 2. The zero-order chi connectivity index (χ0) is 7.86. The third-order valence-electron chi connectivity index (χ3n) is 0.418. The standard InChI is InChI=1S/C4H8S.CH2O3/c1-3-4(2)5;2-1(3)4/h3,5H,1-2H3;(H2,2,3,4). The lowest BCUT2D eigenvalue weighted by molar-refractivity contribution is 0.137. The quantitative estimate of drug-likeness (QED) is 0.463. The van der Waals surface area contributed by atoms with E-state index < -0.39 is 6.16 Å². The van der Waals surface area contributed by atoms with Crippen LogP contribution in [-0.2, 0) is 0 Å². The normalized spacial score (nSPS) is 9.44. The molecule has 0 aromatic rings. The lowest BCUT2D eigenvalue weighted by Crippen LogP contribution is -1.81. The van der Waals surface area contributed by atoms with Crippen LogP contribution >= 0.6 is 12.6 Å². The average molecular weight is 150 g/mol. The lowest BCUT2D eigenvalue weighted by Gasteiger charge is -1.73. The van der Waals surface area contributed by atoms with Gasteiger partial charge in [-0.15, -0.1) is 12.6 Å². The minimum Gasteiger partial charge on any atom is -0.450 e. The van der Waals surface area contributed by atoms with Crippen LogP contribution in [0, 0.1) is 0 Å². The average Bonchev–Trinajstić information content (AvgIpc) is 1.65. The van der Waals surface area contributed by atoms with Crippen LogP contribution in [0.4, 0.5) is 4.79 Å². The predicted octanol–water partition coefficient (Wildman–Crippen LogP) is 2.06. The maximum atomic E-state index is 8.56. The molecule has 0 aliphatic carbocycles. The molecule has 0 rings (SSSR count). The van der Waals surface area contributed by atoms with E-state index in [4.69, 9.17) is 15.0 Å². The fraction of sp³-hybridized carbons (Fsp3) is 0.400. The van der Waals surface area contributed by atoms with Crippen molar-refractivity contribution in [2.45, 2.75) is 13.8 Å². The van der Waals surface area contributed by atoms with Crippen LogP contribution in [0.2, 0.25) is 0 Å². The summed E-state index contributed by atoms with van der Waals surface area (Å²) in [7, 11) is 0. The van der Waals surface area contributed by atoms with Crippen LogP contribution < -0.4 is 0 Å². The van der Waals surface area contributed by atoms with Gasteiger partial charge in [0.1, 0.15) is 0 Å². The van der Waals surface area contributed by atoms with Crippen LogP contribution in [-0.4, -0.2) is 16.4 Å². The van der Waals surface area contributed by atoms with Crippen molar-refractivity contribution in [3.8, 4) is 0 Å². The predicted molar refractivity (Wildman–Crippen MR) is 39.1 cm³/mol. The molecule has 0 fully saturated rings. The van der Waals surface area contributed by atoms with Gasteiger partial charge in [0, 0.05) is 0 Å². The van der Waals surface area contributed by atoms with Crippen molar-refractivity contribution < 1.29 is 15.0 Å². The Morgan fingerprint density at radius 1 is 1.56 bits per heavy atom. The molecule has 0 bridgehead atoms. The fourth-order valence-electron chi connectivity index (χ4n) is 0. The molecular weight excluding hydrogens is 140 g/mol. The Morgan fingerprint density at radius 2 is 1.67 bits per heavy atom. The van der Waals surface area contributed by atoms with Gasteiger partial charge in [-0.25, -0.2) is 4.79 Å². The molecule has 54 valence electrons. The highest BCUT2D eigenvalue weighted by molar-refractivity contribution is 7.84. The summed E-state index contributed by atoms with van der Waals surface area (Å²) < 4.78 is 0. The van der Waals surface area contributed by atoms with Crippen molar-refractivity contribution >= 4 is 18.8 Å². The minimum atomic E-state index is -1.83. The van der Waals surface area contributed by atoms with Crippen LogP contribution in [0.5, 0.6) is 0 Å². The topological polar surface area (TPSA) is 57.5 Å². The molecule has 9 heavy (non-hydrogen) atoms. The van der Waals surface area contributed by atoms with E-state index in [0.29, 0.717) is 0 Å². The number of rotatable bonds is 0. The molecule has 0 aliphatic heterocycles. The van der Waals surface area contributed by atoms with Gasteiger partial charge in [-0.3, -0.25) is 0 Å². The summed E-state index contributed by atoms with van der Waals surface area (Å²) in [5, 5.41) is 13.9. The Hall–Kier alpha value is -0.640. The van der Waals surface area contributed by atoms with Crippen LogP contribution in [0.15, 0.2) is 11.0 Å². The fourth-order valence-corrected chi connectivity index (χ4v) is 0. The van der Waals surface area contributed by atoms with E-state index in [1.807, 2.05) is 19.9 Å². The summed E-state index contributed by atoms with van der Waals surface area (Å²) in [6.45, 7) is 3.91. The van der Waals surface area contributed by atoms with E-state index in [2.05, 4.69) is 12.6 Å². The number of carbonyl (C=O) groups is 1. The molecule has 0 aromatic carbocycles. The molecule has 0 spiro atoms. The minimum absolute atomic E-state index is 1.07. The van der Waals surface area contributed by atoms with Crippen molar-refractivity contribution in [2.24, 2.45) is 0 Å². The van der Waals surface area contributed by atoms with Crippen molar-refractivity contribution in [3.63, 3.8) is 0 Å². The first kappa shape index (κ1) is 11.2. The number of carboxylic acid groups (broad SMARTS) is 2. The summed E-state index contributed by atoms with van der Waals surface area (Å²) in [4.78, 5) is 9.63. The summed E-state index contributed by atoms with van der Waals surface area (Å²) in [6, 6.07) is 0. The highest BCUT2D eigenvalue weighted by Crippen LogP contribution is 1.92. The molecule has 0 amide bonds. The van der Waals surface area contributed by atoms with Crippen LogP contribution in [0.3, 0.4) is 0 Å². The Labute approximate surface area is 59.4 Å². The van der Waals surface area contributed by atoms with Crippen molar-refractivity contribution in [3.05, 3.63) is 11.0 Å². The van der Waals surface area contributed by atoms with Crippen molar-refractivity contribution in [2.75, 3.05) is 0 Å². The molecule has 0 saturated heterocycles. The third kappa shape index (κ3) is 114. The van der Waals surface area contributed by atoms with Crippen LogP contribution in [0.1, 0.15) is 13.8 Å². The Balaban J connectivity index is 0. The molecule has 2 N–H and O–H groups in total. The maximum Gasteiger partial charge on any atom is 0.503 e. The highest BCUT2D eigenvalue weighted by Gasteiger charge is 1.70. The van der Waals surface area contributed by atoms with Gasteiger partial charge in [0.2, 0.25) is 0 Å². The Bertz CT molecular complexity index is 101. The van der Waals surface area contributed by atoms with Crippen molar-refractivity contribution in [1.29, 1.82) is 0 Å². The molecular formula is C5H10O3S. The first-order valence-corrected chi connectivity index (χ1v) is 2.69. The SMILES string of the molecule is CC=C(C)S.O=C(O)O. The lowest BCUT2D eigenvalue weighted by atomic mass is 10.6. The second-order valence-electron chi connectivity index (χ2n) is 1.21. The first-order valence-electron chi connectivity index (χ1n) is 2.24. The van der Waals surface area contributed by atoms with Gasteiger partial charge in [0.05, 0.1) is 0 Å². The Kier molecular flexibility index (Phi) is 9.16. The number of allylic oxidation sites excluding steroid dienone is 2. The van der Waals surface area contributed by atoms with Gasteiger partial charge in [-0.1, -0.05) is 6.08 Å². The largest absolute Gasteiger partial charge is 0.503 e. The second kappa shape index (κ2) is 7.36. The van der Waals surface area contributed by atoms with Gasteiger partial charge < -0.3 is 10.2 Å². The van der Waals surface area contributed by atoms with E-state index in [9.17, 15) is 0 Å². The molecule has 0 heterocycles. The molecule has 0 radical (unpaired) electrons. The first-order chi connectivity index (χ1) is 4.00. The second-order valence-corrected chi connectivity index (χ2v) is 1.92. The van der Waals surface area contributed by atoms with Gasteiger partial charge in [-0.05, 0) is 18.8 Å². The zero-order valence-corrected chi connectivity index (χ0v) is 6.22. The smallest absolute Gasteiger partial charge is 0.450 e. The summed E-state index contributed by atoms with van der Waals surface area (Å²) in [5.74, 6) is 0. The van der Waals surface area contributed by atoms with E-state index in [1.54, 1.807) is 0 Å². The van der Waals surface area contributed by atoms with Gasteiger partial charge in [0.15, 0.2) is 0 Å². The summed E-state index contributed by atoms with van der Waals surface area (Å²) in [6.07, 6.45) is 0.114. The summed E-state index contributed by atoms with van der Waals surface area (Å²) in [5.41, 5.74) is 0. The van der Waals surface area contributed by atoms with Gasteiger partial charge >= 0.3 is 6.16 Å². The molecule has 4 heteroatoms. The number of thiol groups is 1.